The quantitative estimate of drug-likeness (QED) is 0.474. The van der Waals surface area contributed by atoms with E-state index in [1.165, 1.54) is 46.2 Å². The summed E-state index contributed by atoms with van der Waals surface area (Å²) in [4.78, 5) is 23.7. The number of nitrogen functional groups attached to an aromatic ring is 1. The highest BCUT2D eigenvalue weighted by Gasteiger charge is 2.20. The van der Waals surface area contributed by atoms with E-state index in [2.05, 4.69) is 34.3 Å². The lowest BCUT2D eigenvalue weighted by Gasteiger charge is -2.10. The van der Waals surface area contributed by atoms with Crippen LogP contribution in [0.15, 0.2) is 29.4 Å². The third kappa shape index (κ3) is 4.15. The van der Waals surface area contributed by atoms with Gasteiger partial charge in [0.2, 0.25) is 5.91 Å². The maximum absolute atomic E-state index is 12.2. The van der Waals surface area contributed by atoms with E-state index in [0.717, 1.165) is 29.5 Å². The molecule has 0 radical (unpaired) electrons. The van der Waals surface area contributed by atoms with Crippen LogP contribution in [0.25, 0.3) is 10.2 Å². The standard InChI is InChI=1S/C21H24N4OS2/c1-13-6-2-3-7-14(13)10-11-23-17(26)12-27-21-24-19(22)18-15-8-4-5-9-16(15)28-20(18)25-21/h2-3,6-7H,4-5,8-12H2,1H3,(H,23,26)(H2,22,24,25). The number of thioether (sulfide) groups is 1. The van der Waals surface area contributed by atoms with Gasteiger partial charge >= 0.3 is 0 Å². The second-order valence-corrected chi connectivity index (χ2v) is 9.12. The molecule has 28 heavy (non-hydrogen) atoms. The molecule has 0 saturated carbocycles. The summed E-state index contributed by atoms with van der Waals surface area (Å²) >= 11 is 3.08. The van der Waals surface area contributed by atoms with Crippen molar-refractivity contribution in [1.29, 1.82) is 0 Å². The van der Waals surface area contributed by atoms with E-state index < -0.39 is 0 Å². The summed E-state index contributed by atoms with van der Waals surface area (Å²) in [6, 6.07) is 8.25. The maximum Gasteiger partial charge on any atom is 0.230 e. The van der Waals surface area contributed by atoms with Crippen molar-refractivity contribution in [3.8, 4) is 0 Å². The highest BCUT2D eigenvalue weighted by atomic mass is 32.2. The van der Waals surface area contributed by atoms with Crippen LogP contribution in [0.4, 0.5) is 5.82 Å². The van der Waals surface area contributed by atoms with Crippen molar-refractivity contribution in [2.75, 3.05) is 18.0 Å². The van der Waals surface area contributed by atoms with Crippen LogP contribution in [-0.2, 0) is 24.1 Å². The first-order chi connectivity index (χ1) is 13.6. The minimum atomic E-state index is -0.00803. The van der Waals surface area contributed by atoms with Crippen LogP contribution in [0.2, 0.25) is 0 Å². The van der Waals surface area contributed by atoms with Gasteiger partial charge in [-0.2, -0.15) is 0 Å². The van der Waals surface area contributed by atoms with E-state index in [9.17, 15) is 4.79 Å². The molecule has 1 aliphatic rings. The van der Waals surface area contributed by atoms with E-state index in [4.69, 9.17) is 5.73 Å². The number of anilines is 1. The summed E-state index contributed by atoms with van der Waals surface area (Å²) in [5.41, 5.74) is 10.1. The van der Waals surface area contributed by atoms with Gasteiger partial charge in [-0.05, 0) is 55.7 Å². The van der Waals surface area contributed by atoms with Crippen molar-refractivity contribution in [3.05, 3.63) is 45.8 Å². The van der Waals surface area contributed by atoms with Crippen molar-refractivity contribution in [3.63, 3.8) is 0 Å². The fourth-order valence-corrected chi connectivity index (χ4v) is 5.65. The zero-order valence-electron chi connectivity index (χ0n) is 16.0. The molecule has 0 bridgehead atoms. The molecule has 0 saturated heterocycles. The van der Waals surface area contributed by atoms with Gasteiger partial charge in [-0.3, -0.25) is 4.79 Å². The van der Waals surface area contributed by atoms with Crippen molar-refractivity contribution in [2.24, 2.45) is 0 Å². The van der Waals surface area contributed by atoms with Gasteiger partial charge in [0.1, 0.15) is 10.6 Å². The molecular formula is C21H24N4OS2. The Labute approximate surface area is 173 Å². The molecular weight excluding hydrogens is 388 g/mol. The molecule has 5 nitrogen and oxygen atoms in total. The molecule has 0 aliphatic heterocycles. The van der Waals surface area contributed by atoms with E-state index >= 15 is 0 Å². The van der Waals surface area contributed by atoms with Crippen molar-refractivity contribution in [2.45, 2.75) is 44.2 Å². The van der Waals surface area contributed by atoms with Gasteiger partial charge < -0.3 is 11.1 Å². The predicted octanol–water partition coefficient (Wildman–Crippen LogP) is 3.91. The number of carbonyl (C=O) groups is 1. The van der Waals surface area contributed by atoms with Crippen LogP contribution >= 0.6 is 23.1 Å². The summed E-state index contributed by atoms with van der Waals surface area (Å²) in [5, 5.41) is 4.59. The first-order valence-electron chi connectivity index (χ1n) is 9.63. The Morgan fingerprint density at radius 1 is 1.25 bits per heavy atom. The van der Waals surface area contributed by atoms with Crippen LogP contribution < -0.4 is 11.1 Å². The number of hydrogen-bond donors (Lipinski definition) is 2. The van der Waals surface area contributed by atoms with E-state index in [-0.39, 0.29) is 5.91 Å². The molecule has 1 aliphatic carbocycles. The first-order valence-corrected chi connectivity index (χ1v) is 11.4. The second kappa shape index (κ2) is 8.49. The second-order valence-electron chi connectivity index (χ2n) is 7.10. The van der Waals surface area contributed by atoms with Gasteiger partial charge in [-0.25, -0.2) is 9.97 Å². The largest absolute Gasteiger partial charge is 0.383 e. The summed E-state index contributed by atoms with van der Waals surface area (Å²) < 4.78 is 0. The zero-order valence-corrected chi connectivity index (χ0v) is 17.6. The van der Waals surface area contributed by atoms with Gasteiger partial charge in [0.15, 0.2) is 5.16 Å². The Balaban J connectivity index is 1.35. The first kappa shape index (κ1) is 19.2. The van der Waals surface area contributed by atoms with Gasteiger partial charge in [0.05, 0.1) is 11.1 Å². The lowest BCUT2D eigenvalue weighted by Crippen LogP contribution is -2.27. The van der Waals surface area contributed by atoms with Crippen molar-refractivity contribution < 1.29 is 4.79 Å². The van der Waals surface area contributed by atoms with Gasteiger partial charge in [0.25, 0.3) is 0 Å². The normalized spacial score (nSPS) is 13.5. The average Bonchev–Trinajstić information content (AvgIpc) is 3.07. The molecule has 4 rings (SSSR count). The maximum atomic E-state index is 12.2. The number of hydrogen-bond acceptors (Lipinski definition) is 6. The number of nitrogens with zero attached hydrogens (tertiary/aromatic N) is 2. The third-order valence-electron chi connectivity index (χ3n) is 5.13. The van der Waals surface area contributed by atoms with E-state index in [0.29, 0.717) is 23.3 Å². The SMILES string of the molecule is Cc1ccccc1CCNC(=O)CSc1nc(N)c2c3c(sc2n1)CCCC3. The lowest BCUT2D eigenvalue weighted by atomic mass is 9.97. The molecule has 7 heteroatoms. The van der Waals surface area contributed by atoms with Crippen LogP contribution in [0.5, 0.6) is 0 Å². The molecule has 0 unspecified atom stereocenters. The third-order valence-corrected chi connectivity index (χ3v) is 7.17. The molecule has 2 aromatic heterocycles. The number of aromatic nitrogens is 2. The van der Waals surface area contributed by atoms with Gasteiger partial charge in [-0.1, -0.05) is 36.0 Å². The van der Waals surface area contributed by atoms with Crippen LogP contribution in [-0.4, -0.2) is 28.2 Å². The predicted molar refractivity (Wildman–Crippen MR) is 117 cm³/mol. The number of aryl methyl sites for hydroxylation is 3. The average molecular weight is 413 g/mol. The Bertz CT molecular complexity index is 1020. The Morgan fingerprint density at radius 2 is 2.07 bits per heavy atom. The molecule has 1 amide bonds. The fraction of sp³-hybridized carbons (Fsp3) is 0.381. The fourth-order valence-electron chi connectivity index (χ4n) is 3.64. The van der Waals surface area contributed by atoms with Gasteiger partial charge in [-0.15, -0.1) is 11.3 Å². The number of carbonyl (C=O) groups excluding carboxylic acids is 1. The van der Waals surface area contributed by atoms with E-state index in [1.54, 1.807) is 11.3 Å². The molecule has 0 atom stereocenters. The van der Waals surface area contributed by atoms with Crippen LogP contribution in [0, 0.1) is 6.92 Å². The zero-order chi connectivity index (χ0) is 19.5. The summed E-state index contributed by atoms with van der Waals surface area (Å²) in [6.45, 7) is 2.72. The number of rotatable bonds is 6. The van der Waals surface area contributed by atoms with Gasteiger partial charge in [0, 0.05) is 11.4 Å². The van der Waals surface area contributed by atoms with Crippen LogP contribution in [0.1, 0.15) is 34.4 Å². The molecule has 1 aromatic carbocycles. The number of amides is 1. The van der Waals surface area contributed by atoms with Crippen molar-refractivity contribution >= 4 is 45.0 Å². The molecule has 3 aromatic rings. The lowest BCUT2D eigenvalue weighted by molar-refractivity contribution is -0.118. The summed E-state index contributed by atoms with van der Waals surface area (Å²) in [6.07, 6.45) is 5.45. The topological polar surface area (TPSA) is 80.9 Å². The molecule has 2 heterocycles. The number of benzene rings is 1. The van der Waals surface area contributed by atoms with Crippen molar-refractivity contribution in [1.82, 2.24) is 15.3 Å². The Kier molecular flexibility index (Phi) is 5.82. The highest BCUT2D eigenvalue weighted by Crippen LogP contribution is 2.38. The van der Waals surface area contributed by atoms with Crippen LogP contribution in [0.3, 0.4) is 0 Å². The minimum absolute atomic E-state index is 0.00803. The monoisotopic (exact) mass is 412 g/mol. The molecule has 0 fully saturated rings. The minimum Gasteiger partial charge on any atom is -0.383 e. The number of fused-ring (bicyclic) bond motifs is 3. The summed E-state index contributed by atoms with van der Waals surface area (Å²) in [7, 11) is 0. The number of nitrogens with one attached hydrogen (secondary N) is 1. The summed E-state index contributed by atoms with van der Waals surface area (Å²) in [5.74, 6) is 0.835. The van der Waals surface area contributed by atoms with E-state index in [1.807, 2.05) is 12.1 Å². The molecule has 3 N–H and O–H groups in total. The number of nitrogens with two attached hydrogens (primary N) is 1. The Morgan fingerprint density at radius 3 is 2.93 bits per heavy atom. The number of thiophene rings is 1. The Hall–Kier alpha value is -2.12. The smallest absolute Gasteiger partial charge is 0.230 e. The highest BCUT2D eigenvalue weighted by molar-refractivity contribution is 7.99. The molecule has 146 valence electrons. The molecule has 0 spiro atoms.